The third-order valence-corrected chi connectivity index (χ3v) is 6.76. The van der Waals surface area contributed by atoms with E-state index in [9.17, 15) is 4.79 Å². The Hall–Kier alpha value is -1.52. The zero-order chi connectivity index (χ0) is 19.6. The molecule has 0 N–H and O–H groups in total. The topological polar surface area (TPSA) is 26.8 Å². The number of halogens is 1. The number of rotatable bonds is 7. The molecular formula is C23H32ClN3O. The van der Waals surface area contributed by atoms with E-state index in [1.807, 2.05) is 17.0 Å². The van der Waals surface area contributed by atoms with Crippen LogP contribution in [0.15, 0.2) is 36.5 Å². The van der Waals surface area contributed by atoms with Crippen molar-refractivity contribution in [1.29, 1.82) is 0 Å². The summed E-state index contributed by atoms with van der Waals surface area (Å²) in [5.41, 5.74) is 1.22. The van der Waals surface area contributed by atoms with Gasteiger partial charge in [-0.2, -0.15) is 0 Å². The van der Waals surface area contributed by atoms with Gasteiger partial charge in [-0.05, 0) is 61.8 Å². The van der Waals surface area contributed by atoms with Crippen molar-refractivity contribution in [3.8, 4) is 0 Å². The smallest absolute Gasteiger partial charge is 0.315 e. The van der Waals surface area contributed by atoms with Gasteiger partial charge in [-0.25, -0.2) is 4.79 Å². The number of piperidine rings is 1. The standard InChI is InChI=1S/C23H32ClN3O/c1-2-3-13-26-16-12-23(27(22(26)28)18-20-4-5-20)10-14-25(15-11-23)17-19-6-8-21(24)9-7-19/h6-9,12,16,20H,2-5,10-11,13-15,17-18H2,1H3. The minimum Gasteiger partial charge on any atom is -0.315 e. The first kappa shape index (κ1) is 19.8. The van der Waals surface area contributed by atoms with Crippen LogP contribution >= 0.6 is 11.6 Å². The van der Waals surface area contributed by atoms with Crippen molar-refractivity contribution in [1.82, 2.24) is 14.7 Å². The summed E-state index contributed by atoms with van der Waals surface area (Å²) in [6, 6.07) is 8.39. The minimum atomic E-state index is -0.0844. The molecule has 2 fully saturated rings. The van der Waals surface area contributed by atoms with Gasteiger partial charge in [-0.15, -0.1) is 0 Å². The summed E-state index contributed by atoms with van der Waals surface area (Å²) in [5.74, 6) is 0.715. The Morgan fingerprint density at radius 3 is 2.50 bits per heavy atom. The average Bonchev–Trinajstić information content (AvgIpc) is 3.52. The summed E-state index contributed by atoms with van der Waals surface area (Å²) in [5, 5.41) is 0.788. The molecule has 0 aromatic heterocycles. The number of urea groups is 1. The van der Waals surface area contributed by atoms with E-state index in [4.69, 9.17) is 11.6 Å². The van der Waals surface area contributed by atoms with Crippen LogP contribution in [0, 0.1) is 5.92 Å². The zero-order valence-electron chi connectivity index (χ0n) is 16.9. The molecule has 28 heavy (non-hydrogen) atoms. The van der Waals surface area contributed by atoms with E-state index in [0.717, 1.165) is 63.4 Å². The molecule has 4 nitrogen and oxygen atoms in total. The maximum absolute atomic E-state index is 13.2. The number of carbonyl (C=O) groups is 1. The van der Waals surface area contributed by atoms with Crippen molar-refractivity contribution < 1.29 is 4.79 Å². The van der Waals surface area contributed by atoms with Crippen LogP contribution in [-0.4, -0.2) is 52.4 Å². The molecule has 1 saturated heterocycles. The molecule has 0 unspecified atom stereocenters. The van der Waals surface area contributed by atoms with E-state index >= 15 is 0 Å². The van der Waals surface area contributed by atoms with E-state index in [-0.39, 0.29) is 11.6 Å². The van der Waals surface area contributed by atoms with Crippen LogP contribution in [0.4, 0.5) is 4.79 Å². The molecule has 1 saturated carbocycles. The molecule has 4 rings (SSSR count). The highest BCUT2D eigenvalue weighted by molar-refractivity contribution is 6.30. The summed E-state index contributed by atoms with van der Waals surface area (Å²) in [7, 11) is 0. The SMILES string of the molecule is CCCCN1C=CC2(CCN(Cc3ccc(Cl)cc3)CC2)N(CC2CC2)C1=O. The van der Waals surface area contributed by atoms with Crippen LogP contribution in [0.3, 0.4) is 0 Å². The second-order valence-electron chi connectivity index (χ2n) is 8.71. The molecule has 0 atom stereocenters. The van der Waals surface area contributed by atoms with Gasteiger partial charge in [0.15, 0.2) is 0 Å². The fraction of sp³-hybridized carbons (Fsp3) is 0.609. The Balaban J connectivity index is 1.43. The number of hydrogen-bond acceptors (Lipinski definition) is 2. The summed E-state index contributed by atoms with van der Waals surface area (Å²) in [6.45, 7) is 6.95. The number of amides is 2. The van der Waals surface area contributed by atoms with E-state index in [0.29, 0.717) is 5.92 Å². The first-order valence-corrected chi connectivity index (χ1v) is 11.2. The van der Waals surface area contributed by atoms with Crippen LogP contribution in [-0.2, 0) is 6.54 Å². The van der Waals surface area contributed by atoms with Gasteiger partial charge >= 0.3 is 6.03 Å². The first-order chi connectivity index (χ1) is 13.6. The highest BCUT2D eigenvalue weighted by Crippen LogP contribution is 2.39. The van der Waals surface area contributed by atoms with E-state index in [2.05, 4.69) is 41.1 Å². The second-order valence-corrected chi connectivity index (χ2v) is 9.14. The lowest BCUT2D eigenvalue weighted by Gasteiger charge is -2.50. The van der Waals surface area contributed by atoms with Crippen molar-refractivity contribution >= 4 is 17.6 Å². The number of likely N-dealkylation sites (tertiary alicyclic amines) is 1. The van der Waals surface area contributed by atoms with Gasteiger partial charge in [-0.1, -0.05) is 37.1 Å². The number of carbonyl (C=O) groups excluding carboxylic acids is 1. The molecule has 2 heterocycles. The third kappa shape index (κ3) is 4.38. The number of hydrogen-bond donors (Lipinski definition) is 0. The van der Waals surface area contributed by atoms with Crippen LogP contribution in [0.5, 0.6) is 0 Å². The van der Waals surface area contributed by atoms with Crippen molar-refractivity contribution in [2.45, 2.75) is 57.5 Å². The molecule has 1 aromatic rings. The second kappa shape index (κ2) is 8.46. The molecule has 2 aliphatic heterocycles. The lowest BCUT2D eigenvalue weighted by atomic mass is 9.84. The minimum absolute atomic E-state index is 0.0844. The van der Waals surface area contributed by atoms with Crippen LogP contribution in [0.2, 0.25) is 5.02 Å². The van der Waals surface area contributed by atoms with Gasteiger partial charge in [0.1, 0.15) is 0 Å². The fourth-order valence-electron chi connectivity index (χ4n) is 4.43. The maximum atomic E-state index is 13.2. The monoisotopic (exact) mass is 401 g/mol. The number of unbranched alkanes of at least 4 members (excludes halogenated alkanes) is 1. The molecule has 0 bridgehead atoms. The Morgan fingerprint density at radius 2 is 1.86 bits per heavy atom. The Bertz CT molecular complexity index is 705. The average molecular weight is 402 g/mol. The predicted octanol–water partition coefficient (Wildman–Crippen LogP) is 5.14. The normalized spacial score (nSPS) is 22.3. The number of nitrogens with zero attached hydrogens (tertiary/aromatic N) is 3. The highest BCUT2D eigenvalue weighted by Gasteiger charge is 2.45. The summed E-state index contributed by atoms with van der Waals surface area (Å²) in [6.07, 6.45) is 11.2. The Morgan fingerprint density at radius 1 is 1.14 bits per heavy atom. The molecule has 5 heteroatoms. The lowest BCUT2D eigenvalue weighted by Crippen LogP contribution is -2.61. The first-order valence-electron chi connectivity index (χ1n) is 10.8. The predicted molar refractivity (Wildman–Crippen MR) is 114 cm³/mol. The Kier molecular flexibility index (Phi) is 5.98. The van der Waals surface area contributed by atoms with E-state index in [1.54, 1.807) is 0 Å². The maximum Gasteiger partial charge on any atom is 0.324 e. The van der Waals surface area contributed by atoms with E-state index < -0.39 is 0 Å². The van der Waals surface area contributed by atoms with Gasteiger partial charge < -0.3 is 9.80 Å². The van der Waals surface area contributed by atoms with Crippen LogP contribution in [0.1, 0.15) is 51.0 Å². The quantitative estimate of drug-likeness (QED) is 0.632. The van der Waals surface area contributed by atoms with Gasteiger partial charge in [0.25, 0.3) is 0 Å². The summed E-state index contributed by atoms with van der Waals surface area (Å²) in [4.78, 5) is 19.9. The third-order valence-electron chi connectivity index (χ3n) is 6.51. The molecular weight excluding hydrogens is 370 g/mol. The van der Waals surface area contributed by atoms with Crippen LogP contribution < -0.4 is 0 Å². The van der Waals surface area contributed by atoms with Crippen molar-refractivity contribution in [2.75, 3.05) is 26.2 Å². The zero-order valence-corrected chi connectivity index (χ0v) is 17.7. The Labute approximate surface area is 174 Å². The molecule has 3 aliphatic rings. The largest absolute Gasteiger partial charge is 0.324 e. The van der Waals surface area contributed by atoms with Gasteiger partial charge in [0.05, 0.1) is 5.54 Å². The van der Waals surface area contributed by atoms with Gasteiger partial charge in [0, 0.05) is 43.9 Å². The van der Waals surface area contributed by atoms with Crippen LogP contribution in [0.25, 0.3) is 0 Å². The molecule has 1 aliphatic carbocycles. The van der Waals surface area contributed by atoms with Gasteiger partial charge in [-0.3, -0.25) is 4.90 Å². The summed E-state index contributed by atoms with van der Waals surface area (Å²) < 4.78 is 0. The fourth-order valence-corrected chi connectivity index (χ4v) is 4.55. The summed E-state index contributed by atoms with van der Waals surface area (Å²) >= 11 is 6.01. The molecule has 152 valence electrons. The highest BCUT2D eigenvalue weighted by atomic mass is 35.5. The lowest BCUT2D eigenvalue weighted by molar-refractivity contribution is 0.0511. The number of benzene rings is 1. The van der Waals surface area contributed by atoms with Gasteiger partial charge in [0.2, 0.25) is 0 Å². The molecule has 2 amide bonds. The van der Waals surface area contributed by atoms with E-state index in [1.165, 1.54) is 18.4 Å². The van der Waals surface area contributed by atoms with Crippen molar-refractivity contribution in [3.05, 3.63) is 47.1 Å². The molecule has 1 aromatic carbocycles. The molecule has 1 spiro atoms. The van der Waals surface area contributed by atoms with Crippen molar-refractivity contribution in [3.63, 3.8) is 0 Å². The van der Waals surface area contributed by atoms with Crippen molar-refractivity contribution in [2.24, 2.45) is 5.92 Å². The molecule has 0 radical (unpaired) electrons.